The maximum atomic E-state index is 11.1. The molecule has 0 spiro atoms. The largest absolute Gasteiger partial charge is 0.480 e. The summed E-state index contributed by atoms with van der Waals surface area (Å²) in [7, 11) is 1.62. The number of carboxylic acids is 1. The fraction of sp³-hybridized carbons (Fsp3) is 0.263. The van der Waals surface area contributed by atoms with Crippen molar-refractivity contribution >= 4 is 24.5 Å². The van der Waals surface area contributed by atoms with Gasteiger partial charge in [-0.25, -0.2) is 0 Å². The van der Waals surface area contributed by atoms with Crippen molar-refractivity contribution in [2.24, 2.45) is 5.73 Å². The average Bonchev–Trinajstić information content (AvgIpc) is 2.62. The molecule has 26 heavy (non-hydrogen) atoms. The van der Waals surface area contributed by atoms with E-state index in [0.29, 0.717) is 24.3 Å². The van der Waals surface area contributed by atoms with Crippen LogP contribution in [0.4, 0.5) is 0 Å². The fourth-order valence-corrected chi connectivity index (χ4v) is 2.61. The molecule has 2 rings (SSSR count). The van der Waals surface area contributed by atoms with Gasteiger partial charge in [-0.3, -0.25) is 9.59 Å². The monoisotopic (exact) mass is 374 g/mol. The minimum absolute atomic E-state index is 0.394. The molecule has 138 valence electrons. The van der Waals surface area contributed by atoms with E-state index in [1.54, 1.807) is 19.2 Å². The molecule has 6 nitrogen and oxygen atoms in total. The van der Waals surface area contributed by atoms with Crippen molar-refractivity contribution in [1.29, 1.82) is 0 Å². The summed E-state index contributed by atoms with van der Waals surface area (Å²) in [6, 6.07) is 14.0. The SMILES string of the molecule is CNC(Cc1ccc(Oc2ccc(CC(S)C(N)=O)cc2)cc1)C(=O)O. The van der Waals surface area contributed by atoms with Gasteiger partial charge in [0, 0.05) is 0 Å². The maximum Gasteiger partial charge on any atom is 0.321 e. The number of carbonyl (C=O) groups is 2. The van der Waals surface area contributed by atoms with Crippen LogP contribution in [-0.4, -0.2) is 35.3 Å². The molecule has 0 aliphatic rings. The van der Waals surface area contributed by atoms with Crippen LogP contribution >= 0.6 is 12.6 Å². The molecule has 0 saturated carbocycles. The highest BCUT2D eigenvalue weighted by atomic mass is 32.1. The summed E-state index contributed by atoms with van der Waals surface area (Å²) in [5.74, 6) is -0.0122. The number of primary amides is 1. The molecule has 4 N–H and O–H groups in total. The van der Waals surface area contributed by atoms with Gasteiger partial charge in [-0.15, -0.1) is 0 Å². The first kappa shape index (κ1) is 19.8. The zero-order valence-electron chi connectivity index (χ0n) is 14.4. The first-order chi connectivity index (χ1) is 12.4. The van der Waals surface area contributed by atoms with E-state index in [0.717, 1.165) is 11.1 Å². The molecule has 0 heterocycles. The van der Waals surface area contributed by atoms with Crippen LogP contribution in [0.1, 0.15) is 11.1 Å². The number of nitrogens with two attached hydrogens (primary N) is 1. The van der Waals surface area contributed by atoms with Crippen molar-refractivity contribution in [2.45, 2.75) is 24.1 Å². The standard InChI is InChI=1S/C19H22N2O4S/c1-21-16(19(23)24)10-12-2-6-14(7-3-12)25-15-8-4-13(5-9-15)11-17(26)18(20)22/h2-9,16-17,21,26H,10-11H2,1H3,(H2,20,22)(H,23,24). The normalized spacial score (nSPS) is 13.0. The van der Waals surface area contributed by atoms with Crippen molar-refractivity contribution in [2.75, 3.05) is 7.05 Å². The Kier molecular flexibility index (Phi) is 7.06. The molecular weight excluding hydrogens is 352 g/mol. The highest BCUT2D eigenvalue weighted by Crippen LogP contribution is 2.23. The Bertz CT molecular complexity index is 747. The Morgan fingerprint density at radius 1 is 1.04 bits per heavy atom. The van der Waals surface area contributed by atoms with Crippen molar-refractivity contribution in [3.8, 4) is 11.5 Å². The summed E-state index contributed by atoms with van der Waals surface area (Å²) >= 11 is 4.15. The summed E-state index contributed by atoms with van der Waals surface area (Å²) in [4.78, 5) is 22.1. The van der Waals surface area contributed by atoms with Gasteiger partial charge >= 0.3 is 5.97 Å². The second-order valence-corrected chi connectivity index (χ2v) is 6.52. The molecule has 2 unspecified atom stereocenters. The van der Waals surface area contributed by atoms with Crippen LogP contribution in [0.5, 0.6) is 11.5 Å². The van der Waals surface area contributed by atoms with Crippen LogP contribution in [-0.2, 0) is 22.4 Å². The fourth-order valence-electron chi connectivity index (χ4n) is 2.40. The molecule has 0 bridgehead atoms. The van der Waals surface area contributed by atoms with Crippen LogP contribution in [0, 0.1) is 0 Å². The zero-order valence-corrected chi connectivity index (χ0v) is 15.3. The molecule has 0 fully saturated rings. The van der Waals surface area contributed by atoms with E-state index < -0.39 is 23.2 Å². The number of aliphatic carboxylic acids is 1. The summed E-state index contributed by atoms with van der Waals surface area (Å²) in [6.07, 6.45) is 0.856. The third-order valence-corrected chi connectivity index (χ3v) is 4.36. The lowest BCUT2D eigenvalue weighted by Gasteiger charge is -2.12. The first-order valence-corrected chi connectivity index (χ1v) is 8.64. The number of carboxylic acid groups (broad SMARTS) is 1. The van der Waals surface area contributed by atoms with Crippen LogP contribution in [0.15, 0.2) is 48.5 Å². The molecule has 2 atom stereocenters. The molecule has 0 aliphatic carbocycles. The van der Waals surface area contributed by atoms with Crippen LogP contribution in [0.2, 0.25) is 0 Å². The Morgan fingerprint density at radius 2 is 1.50 bits per heavy atom. The van der Waals surface area contributed by atoms with Crippen LogP contribution in [0.25, 0.3) is 0 Å². The molecule has 2 aromatic carbocycles. The van der Waals surface area contributed by atoms with Gasteiger partial charge in [0.05, 0.1) is 5.25 Å². The molecule has 0 aliphatic heterocycles. The lowest BCUT2D eigenvalue weighted by molar-refractivity contribution is -0.139. The van der Waals surface area contributed by atoms with E-state index in [1.165, 1.54) is 0 Å². The van der Waals surface area contributed by atoms with E-state index >= 15 is 0 Å². The number of ether oxygens (including phenoxy) is 1. The average molecular weight is 374 g/mol. The van der Waals surface area contributed by atoms with Crippen molar-refractivity contribution < 1.29 is 19.4 Å². The molecule has 0 radical (unpaired) electrons. The van der Waals surface area contributed by atoms with Gasteiger partial charge in [0.2, 0.25) is 5.91 Å². The predicted molar refractivity (Wildman–Crippen MR) is 103 cm³/mol. The number of likely N-dealkylation sites (N-methyl/N-ethyl adjacent to an activating group) is 1. The first-order valence-electron chi connectivity index (χ1n) is 8.12. The summed E-state index contributed by atoms with van der Waals surface area (Å²) in [6.45, 7) is 0. The van der Waals surface area contributed by atoms with Gasteiger partial charge in [0.1, 0.15) is 17.5 Å². The number of thiol groups is 1. The van der Waals surface area contributed by atoms with Crippen LogP contribution in [0.3, 0.4) is 0 Å². The Morgan fingerprint density at radius 3 is 1.88 bits per heavy atom. The lowest BCUT2D eigenvalue weighted by Crippen LogP contribution is -2.35. The van der Waals surface area contributed by atoms with E-state index in [1.807, 2.05) is 36.4 Å². The molecular formula is C19H22N2O4S. The number of hydrogen-bond acceptors (Lipinski definition) is 5. The van der Waals surface area contributed by atoms with Gasteiger partial charge in [-0.05, 0) is 55.3 Å². The molecule has 1 amide bonds. The van der Waals surface area contributed by atoms with Gasteiger partial charge in [0.15, 0.2) is 0 Å². The van der Waals surface area contributed by atoms with E-state index in [-0.39, 0.29) is 0 Å². The number of carbonyl (C=O) groups excluding carboxylic acids is 1. The zero-order chi connectivity index (χ0) is 19.1. The predicted octanol–water partition coefficient (Wildman–Crippen LogP) is 2.02. The quantitative estimate of drug-likeness (QED) is 0.503. The third-order valence-electron chi connectivity index (χ3n) is 3.93. The van der Waals surface area contributed by atoms with E-state index in [4.69, 9.17) is 15.6 Å². The Hall–Kier alpha value is -2.51. The summed E-state index contributed by atoms with van der Waals surface area (Å²) in [5, 5.41) is 11.3. The number of benzene rings is 2. The number of hydrogen-bond donors (Lipinski definition) is 4. The van der Waals surface area contributed by atoms with Gasteiger partial charge in [-0.1, -0.05) is 24.3 Å². The topological polar surface area (TPSA) is 102 Å². The Balaban J connectivity index is 1.96. The lowest BCUT2D eigenvalue weighted by atomic mass is 10.1. The summed E-state index contributed by atoms with van der Waals surface area (Å²) < 4.78 is 5.78. The van der Waals surface area contributed by atoms with Crippen molar-refractivity contribution in [1.82, 2.24) is 5.32 Å². The second kappa shape index (κ2) is 9.26. The van der Waals surface area contributed by atoms with Gasteiger partial charge < -0.3 is 20.9 Å². The molecule has 0 aromatic heterocycles. The van der Waals surface area contributed by atoms with Gasteiger partial charge in [0.25, 0.3) is 0 Å². The van der Waals surface area contributed by atoms with Crippen LogP contribution < -0.4 is 15.8 Å². The molecule has 0 saturated heterocycles. The second-order valence-electron chi connectivity index (χ2n) is 5.90. The summed E-state index contributed by atoms with van der Waals surface area (Å²) in [5.41, 5.74) is 7.05. The minimum Gasteiger partial charge on any atom is -0.480 e. The maximum absolute atomic E-state index is 11.1. The number of nitrogens with one attached hydrogen (secondary N) is 1. The highest BCUT2D eigenvalue weighted by Gasteiger charge is 2.15. The number of amides is 1. The smallest absolute Gasteiger partial charge is 0.321 e. The highest BCUT2D eigenvalue weighted by molar-refractivity contribution is 7.81. The van der Waals surface area contributed by atoms with E-state index in [2.05, 4.69) is 17.9 Å². The van der Waals surface area contributed by atoms with E-state index in [9.17, 15) is 9.59 Å². The third kappa shape index (κ3) is 5.79. The van der Waals surface area contributed by atoms with Gasteiger partial charge in [-0.2, -0.15) is 12.6 Å². The Labute approximate surface area is 157 Å². The van der Waals surface area contributed by atoms with Crippen molar-refractivity contribution in [3.63, 3.8) is 0 Å². The molecule has 7 heteroatoms. The molecule has 2 aromatic rings. The van der Waals surface area contributed by atoms with Crippen molar-refractivity contribution in [3.05, 3.63) is 59.7 Å². The minimum atomic E-state index is -0.882. The number of rotatable bonds is 9.